The molecule has 0 fully saturated rings. The molecule has 2 aromatic carbocycles. The van der Waals surface area contributed by atoms with Gasteiger partial charge in [0, 0.05) is 16.3 Å². The molecule has 0 saturated carbocycles. The van der Waals surface area contributed by atoms with Gasteiger partial charge in [-0.15, -0.1) is 0 Å². The minimum atomic E-state index is 0.0238. The third-order valence-corrected chi connectivity index (χ3v) is 3.16. The van der Waals surface area contributed by atoms with Gasteiger partial charge < -0.3 is 9.47 Å². The molecule has 3 nitrogen and oxygen atoms in total. The Hall–Kier alpha value is -2.03. The van der Waals surface area contributed by atoms with Crippen LogP contribution in [0.4, 0.5) is 0 Å². The van der Waals surface area contributed by atoms with E-state index in [9.17, 15) is 4.79 Å². The van der Waals surface area contributed by atoms with Crippen LogP contribution < -0.4 is 9.47 Å². The molecule has 0 saturated heterocycles. The second kappa shape index (κ2) is 3.48. The molecule has 1 aliphatic rings. The number of carbonyl (C=O) groups excluding carboxylic acids is 1. The number of Topliss-reactive ketones (excluding diaryl/α,β-unsaturated/α-hetero) is 1. The third kappa shape index (κ3) is 1.32. The van der Waals surface area contributed by atoms with E-state index in [-0.39, 0.29) is 12.4 Å². The number of hydrogen-bond donors (Lipinski definition) is 0. The molecular formula is C14H12O3. The molecular weight excluding hydrogens is 216 g/mol. The molecule has 17 heavy (non-hydrogen) atoms. The SMILES string of the molecule is COc1ccc2c3c(c(C)ccc13)OCC2=O. The number of benzene rings is 2. The predicted molar refractivity (Wildman–Crippen MR) is 65.1 cm³/mol. The maximum Gasteiger partial charge on any atom is 0.200 e. The van der Waals surface area contributed by atoms with Gasteiger partial charge in [0.05, 0.1) is 7.11 Å². The summed E-state index contributed by atoms with van der Waals surface area (Å²) in [6.07, 6.45) is 0. The lowest BCUT2D eigenvalue weighted by atomic mass is 9.96. The van der Waals surface area contributed by atoms with Crippen molar-refractivity contribution in [3.63, 3.8) is 0 Å². The fraction of sp³-hybridized carbons (Fsp3) is 0.214. The van der Waals surface area contributed by atoms with Gasteiger partial charge in [0.2, 0.25) is 5.78 Å². The second-order valence-electron chi connectivity index (χ2n) is 4.16. The Morgan fingerprint density at radius 1 is 1.24 bits per heavy atom. The van der Waals surface area contributed by atoms with Crippen LogP contribution in [0, 0.1) is 6.92 Å². The maximum atomic E-state index is 11.8. The van der Waals surface area contributed by atoms with Crippen molar-refractivity contribution >= 4 is 16.6 Å². The maximum absolute atomic E-state index is 11.8. The first-order valence-electron chi connectivity index (χ1n) is 5.48. The largest absolute Gasteiger partial charge is 0.496 e. The molecule has 0 aliphatic carbocycles. The van der Waals surface area contributed by atoms with Crippen LogP contribution in [0.25, 0.3) is 10.8 Å². The molecule has 1 aliphatic heterocycles. The normalized spacial score (nSPS) is 13.6. The third-order valence-electron chi connectivity index (χ3n) is 3.16. The Balaban J connectivity index is 2.49. The Labute approximate surface area is 99.0 Å². The van der Waals surface area contributed by atoms with Crippen LogP contribution >= 0.6 is 0 Å². The monoisotopic (exact) mass is 228 g/mol. The lowest BCUT2D eigenvalue weighted by Crippen LogP contribution is -2.17. The zero-order valence-electron chi connectivity index (χ0n) is 9.74. The topological polar surface area (TPSA) is 35.5 Å². The molecule has 0 atom stereocenters. The van der Waals surface area contributed by atoms with Crippen molar-refractivity contribution in [2.45, 2.75) is 6.92 Å². The number of aryl methyl sites for hydroxylation is 1. The fourth-order valence-corrected chi connectivity index (χ4v) is 2.30. The van der Waals surface area contributed by atoms with Crippen molar-refractivity contribution in [1.82, 2.24) is 0 Å². The van der Waals surface area contributed by atoms with E-state index in [0.717, 1.165) is 33.4 Å². The Bertz CT molecular complexity index is 629. The number of hydrogen-bond acceptors (Lipinski definition) is 3. The lowest BCUT2D eigenvalue weighted by molar-refractivity contribution is 0.0914. The van der Waals surface area contributed by atoms with E-state index in [2.05, 4.69) is 0 Å². The summed E-state index contributed by atoms with van der Waals surface area (Å²) in [5.41, 5.74) is 1.77. The minimum absolute atomic E-state index is 0.0238. The van der Waals surface area contributed by atoms with E-state index in [1.165, 1.54) is 0 Å². The van der Waals surface area contributed by atoms with Crippen molar-refractivity contribution in [2.24, 2.45) is 0 Å². The number of carbonyl (C=O) groups is 1. The van der Waals surface area contributed by atoms with E-state index in [1.807, 2.05) is 31.2 Å². The van der Waals surface area contributed by atoms with Crippen molar-refractivity contribution in [1.29, 1.82) is 0 Å². The van der Waals surface area contributed by atoms with Crippen molar-refractivity contribution in [3.8, 4) is 11.5 Å². The molecule has 86 valence electrons. The number of methoxy groups -OCH3 is 1. The smallest absolute Gasteiger partial charge is 0.200 e. The average Bonchev–Trinajstić information content (AvgIpc) is 2.35. The molecule has 0 radical (unpaired) electrons. The van der Waals surface area contributed by atoms with Gasteiger partial charge in [0.15, 0.2) is 6.61 Å². The van der Waals surface area contributed by atoms with Crippen LogP contribution in [0.3, 0.4) is 0 Å². The standard InChI is InChI=1S/C14H12O3/c1-8-3-4-10-12(16-2)6-5-9-11(15)7-17-14(8)13(9)10/h3-6H,7H2,1-2H3. The highest BCUT2D eigenvalue weighted by atomic mass is 16.5. The fourth-order valence-electron chi connectivity index (χ4n) is 2.30. The van der Waals surface area contributed by atoms with Crippen molar-refractivity contribution < 1.29 is 14.3 Å². The Morgan fingerprint density at radius 3 is 2.82 bits per heavy atom. The van der Waals surface area contributed by atoms with Gasteiger partial charge in [-0.25, -0.2) is 0 Å². The molecule has 3 heteroatoms. The summed E-state index contributed by atoms with van der Waals surface area (Å²) in [6, 6.07) is 7.60. The average molecular weight is 228 g/mol. The first kappa shape index (κ1) is 10.1. The van der Waals surface area contributed by atoms with E-state index in [0.29, 0.717) is 0 Å². The van der Waals surface area contributed by atoms with Crippen LogP contribution in [-0.4, -0.2) is 19.5 Å². The van der Waals surface area contributed by atoms with Crippen LogP contribution in [0.2, 0.25) is 0 Å². The van der Waals surface area contributed by atoms with Gasteiger partial charge in [-0.1, -0.05) is 12.1 Å². The van der Waals surface area contributed by atoms with Crippen molar-refractivity contribution in [2.75, 3.05) is 13.7 Å². The molecule has 0 spiro atoms. The van der Waals surface area contributed by atoms with Gasteiger partial charge >= 0.3 is 0 Å². The molecule has 0 unspecified atom stereocenters. The lowest BCUT2D eigenvalue weighted by Gasteiger charge is -2.20. The van der Waals surface area contributed by atoms with E-state index < -0.39 is 0 Å². The van der Waals surface area contributed by atoms with Crippen LogP contribution in [-0.2, 0) is 0 Å². The van der Waals surface area contributed by atoms with Gasteiger partial charge in [0.1, 0.15) is 11.5 Å². The first-order chi connectivity index (χ1) is 8.22. The summed E-state index contributed by atoms with van der Waals surface area (Å²) < 4.78 is 10.8. The zero-order valence-corrected chi connectivity index (χ0v) is 9.74. The van der Waals surface area contributed by atoms with Crippen LogP contribution in [0.1, 0.15) is 15.9 Å². The predicted octanol–water partition coefficient (Wildman–Crippen LogP) is 2.73. The van der Waals surface area contributed by atoms with Crippen LogP contribution in [0.5, 0.6) is 11.5 Å². The second-order valence-corrected chi connectivity index (χ2v) is 4.16. The van der Waals surface area contributed by atoms with Gasteiger partial charge in [0.25, 0.3) is 0 Å². The summed E-state index contributed by atoms with van der Waals surface area (Å²) in [7, 11) is 1.63. The number of ether oxygens (including phenoxy) is 2. The molecule has 3 rings (SSSR count). The van der Waals surface area contributed by atoms with Gasteiger partial charge in [-0.05, 0) is 24.6 Å². The Morgan fingerprint density at radius 2 is 2.06 bits per heavy atom. The summed E-state index contributed by atoms with van der Waals surface area (Å²) in [5.74, 6) is 1.59. The molecule has 2 aromatic rings. The minimum Gasteiger partial charge on any atom is -0.496 e. The highest BCUT2D eigenvalue weighted by molar-refractivity contribution is 6.14. The van der Waals surface area contributed by atoms with E-state index in [1.54, 1.807) is 7.11 Å². The first-order valence-corrected chi connectivity index (χ1v) is 5.48. The molecule has 0 bridgehead atoms. The molecule has 1 heterocycles. The summed E-state index contributed by atoms with van der Waals surface area (Å²) in [4.78, 5) is 11.8. The summed E-state index contributed by atoms with van der Waals surface area (Å²) in [6.45, 7) is 2.10. The highest BCUT2D eigenvalue weighted by Crippen LogP contribution is 2.39. The number of rotatable bonds is 1. The molecule has 0 aromatic heterocycles. The van der Waals surface area contributed by atoms with Gasteiger partial charge in [-0.2, -0.15) is 0 Å². The summed E-state index contributed by atoms with van der Waals surface area (Å²) >= 11 is 0. The van der Waals surface area contributed by atoms with Crippen molar-refractivity contribution in [3.05, 3.63) is 35.4 Å². The van der Waals surface area contributed by atoms with Crippen LogP contribution in [0.15, 0.2) is 24.3 Å². The van der Waals surface area contributed by atoms with E-state index >= 15 is 0 Å². The Kier molecular flexibility index (Phi) is 2.08. The highest BCUT2D eigenvalue weighted by Gasteiger charge is 2.23. The summed E-state index contributed by atoms with van der Waals surface area (Å²) in [5, 5.41) is 1.80. The quantitative estimate of drug-likeness (QED) is 0.752. The number of ketones is 1. The zero-order chi connectivity index (χ0) is 12.0. The van der Waals surface area contributed by atoms with E-state index in [4.69, 9.17) is 9.47 Å². The van der Waals surface area contributed by atoms with Gasteiger partial charge in [-0.3, -0.25) is 4.79 Å². The molecule has 0 amide bonds. The molecule has 0 N–H and O–H groups in total.